The molecule has 2 aliphatic rings. The van der Waals surface area contributed by atoms with Gasteiger partial charge in [-0.2, -0.15) is 9.61 Å². The molecule has 4 aromatic rings. The van der Waals surface area contributed by atoms with Gasteiger partial charge >= 0.3 is 0 Å². The molecule has 3 heterocycles. The maximum Gasteiger partial charge on any atom is 0.184 e. The fourth-order valence-electron chi connectivity index (χ4n) is 5.47. The van der Waals surface area contributed by atoms with Crippen molar-refractivity contribution in [2.24, 2.45) is 5.73 Å². The minimum atomic E-state index is -0.689. The molecule has 34 heavy (non-hydrogen) atoms. The molecule has 0 saturated heterocycles. The van der Waals surface area contributed by atoms with Gasteiger partial charge in [-0.3, -0.25) is 0 Å². The lowest BCUT2D eigenvalue weighted by Gasteiger charge is -2.49. The molecule has 2 aliphatic carbocycles. The zero-order valence-corrected chi connectivity index (χ0v) is 19.4. The van der Waals surface area contributed by atoms with E-state index in [0.717, 1.165) is 52.2 Å². The van der Waals surface area contributed by atoms with Crippen molar-refractivity contribution in [3.63, 3.8) is 0 Å². The summed E-state index contributed by atoms with van der Waals surface area (Å²) in [6.45, 7) is 3.79. The third-order valence-electron chi connectivity index (χ3n) is 6.97. The molecule has 7 heteroatoms. The third kappa shape index (κ3) is 3.52. The van der Waals surface area contributed by atoms with Crippen molar-refractivity contribution in [1.29, 1.82) is 0 Å². The quantitative estimate of drug-likeness (QED) is 0.479. The van der Waals surface area contributed by atoms with E-state index in [9.17, 15) is 5.11 Å². The summed E-state index contributed by atoms with van der Waals surface area (Å²) in [7, 11) is 0. The molecule has 3 aromatic heterocycles. The largest absolute Gasteiger partial charge is 0.390 e. The maximum atomic E-state index is 10.2. The number of hydrogen-bond acceptors (Lipinski definition) is 6. The number of aryl methyl sites for hydroxylation is 1. The van der Waals surface area contributed by atoms with Gasteiger partial charge in [-0.05, 0) is 45.1 Å². The van der Waals surface area contributed by atoms with Crippen molar-refractivity contribution in [1.82, 2.24) is 24.6 Å². The molecule has 0 bridgehead atoms. The monoisotopic (exact) mass is 452 g/mol. The van der Waals surface area contributed by atoms with E-state index in [1.807, 2.05) is 19.9 Å². The number of nitrogens with zero attached hydrogens (tertiary/aromatic N) is 5. The molecule has 6 rings (SSSR count). The van der Waals surface area contributed by atoms with Crippen molar-refractivity contribution in [2.75, 3.05) is 0 Å². The lowest BCUT2D eigenvalue weighted by molar-refractivity contribution is -0.0738. The van der Waals surface area contributed by atoms with Crippen LogP contribution in [-0.2, 0) is 5.54 Å². The summed E-state index contributed by atoms with van der Waals surface area (Å²) in [5, 5.41) is 14.8. The second kappa shape index (κ2) is 7.55. The summed E-state index contributed by atoms with van der Waals surface area (Å²) >= 11 is 0. The fraction of sp³-hybridized carbons (Fsp3) is 0.333. The van der Waals surface area contributed by atoms with Gasteiger partial charge in [0.15, 0.2) is 11.3 Å². The molecule has 0 spiro atoms. The molecule has 1 unspecified atom stereocenters. The minimum absolute atomic E-state index is 0.152. The van der Waals surface area contributed by atoms with E-state index in [4.69, 9.17) is 15.7 Å². The Hall–Kier alpha value is -3.42. The molecule has 1 fully saturated rings. The molecular formula is C27H28N6O. The zero-order valence-electron chi connectivity index (χ0n) is 19.4. The predicted octanol–water partition coefficient (Wildman–Crippen LogP) is 4.34. The Morgan fingerprint density at radius 3 is 2.68 bits per heavy atom. The highest BCUT2D eigenvalue weighted by Crippen LogP contribution is 2.46. The molecule has 0 amide bonds. The molecule has 3 N–H and O–H groups in total. The predicted molar refractivity (Wildman–Crippen MR) is 132 cm³/mol. The SMILES string of the molecule is Cc1cc2ncc3nc(C4C=CC=CCC4)c(-c4ccc(C5(N)CC(C)(O)C5)cc4)nc3n2n1. The molecule has 7 nitrogen and oxygen atoms in total. The molecular weight excluding hydrogens is 424 g/mol. The average molecular weight is 453 g/mol. The van der Waals surface area contributed by atoms with Crippen LogP contribution < -0.4 is 5.73 Å². The molecule has 0 aliphatic heterocycles. The van der Waals surface area contributed by atoms with Crippen LogP contribution in [-0.4, -0.2) is 35.3 Å². The van der Waals surface area contributed by atoms with Crippen LogP contribution in [0.15, 0.2) is 60.8 Å². The molecule has 0 radical (unpaired) electrons. The molecule has 1 saturated carbocycles. The number of rotatable bonds is 3. The van der Waals surface area contributed by atoms with Gasteiger partial charge in [0.1, 0.15) is 5.52 Å². The Morgan fingerprint density at radius 2 is 1.91 bits per heavy atom. The van der Waals surface area contributed by atoms with Crippen LogP contribution >= 0.6 is 0 Å². The minimum Gasteiger partial charge on any atom is -0.390 e. The van der Waals surface area contributed by atoms with Crippen LogP contribution in [0.2, 0.25) is 0 Å². The third-order valence-corrected chi connectivity index (χ3v) is 6.97. The summed E-state index contributed by atoms with van der Waals surface area (Å²) in [5.74, 6) is 0.152. The van der Waals surface area contributed by atoms with Gasteiger partial charge in [0, 0.05) is 23.1 Å². The topological polar surface area (TPSA) is 102 Å². The first kappa shape index (κ1) is 21.1. The first-order valence-electron chi connectivity index (χ1n) is 11.8. The smallest absolute Gasteiger partial charge is 0.184 e. The molecule has 1 aromatic carbocycles. The van der Waals surface area contributed by atoms with E-state index in [1.165, 1.54) is 0 Å². The highest BCUT2D eigenvalue weighted by atomic mass is 16.3. The first-order valence-corrected chi connectivity index (χ1v) is 11.8. The number of aliphatic hydroxyl groups is 1. The number of aromatic nitrogens is 5. The van der Waals surface area contributed by atoms with Gasteiger partial charge in [-0.25, -0.2) is 15.0 Å². The Kier molecular flexibility index (Phi) is 4.69. The Labute approximate surface area is 198 Å². The van der Waals surface area contributed by atoms with Crippen molar-refractivity contribution in [2.45, 2.75) is 56.6 Å². The number of hydrogen-bond donors (Lipinski definition) is 2. The number of allylic oxidation sites excluding steroid dienone is 4. The van der Waals surface area contributed by atoms with E-state index in [1.54, 1.807) is 10.7 Å². The van der Waals surface area contributed by atoms with Gasteiger partial charge in [0.2, 0.25) is 0 Å². The van der Waals surface area contributed by atoms with E-state index in [2.05, 4.69) is 58.7 Å². The first-order chi connectivity index (χ1) is 16.3. The van der Waals surface area contributed by atoms with E-state index >= 15 is 0 Å². The molecule has 1 atom stereocenters. The van der Waals surface area contributed by atoms with E-state index in [-0.39, 0.29) is 5.92 Å². The van der Waals surface area contributed by atoms with E-state index in [0.29, 0.717) is 18.5 Å². The zero-order chi connectivity index (χ0) is 23.5. The molecule has 172 valence electrons. The van der Waals surface area contributed by atoms with Gasteiger partial charge in [-0.1, -0.05) is 48.6 Å². The van der Waals surface area contributed by atoms with Crippen LogP contribution in [0.5, 0.6) is 0 Å². The lowest BCUT2D eigenvalue weighted by Crippen LogP contribution is -2.58. The Balaban J connectivity index is 1.50. The second-order valence-corrected chi connectivity index (χ2v) is 10.1. The Morgan fingerprint density at radius 1 is 1.12 bits per heavy atom. The standard InChI is InChI=1S/C27H28N6O/c1-17-13-22-29-14-21-25(33(22)32-17)31-24(23(30-21)18-7-5-3-4-6-8-18)19-9-11-20(12-10-19)27(28)15-26(2,34)16-27/h3-5,7,9-14,18,34H,6,8,15-16,28H2,1-2H3. The van der Waals surface area contributed by atoms with Gasteiger partial charge < -0.3 is 10.8 Å². The van der Waals surface area contributed by atoms with Gasteiger partial charge in [0.25, 0.3) is 0 Å². The average Bonchev–Trinajstić information content (AvgIpc) is 2.99. The lowest BCUT2D eigenvalue weighted by atomic mass is 9.63. The van der Waals surface area contributed by atoms with Gasteiger partial charge in [-0.15, -0.1) is 0 Å². The highest BCUT2D eigenvalue weighted by molar-refractivity contribution is 5.77. The number of nitrogens with two attached hydrogens (primary N) is 1. The van der Waals surface area contributed by atoms with Crippen molar-refractivity contribution in [3.8, 4) is 11.3 Å². The summed E-state index contributed by atoms with van der Waals surface area (Å²) in [5.41, 5.74) is 12.3. The van der Waals surface area contributed by atoms with Crippen LogP contribution in [0, 0.1) is 6.92 Å². The summed E-state index contributed by atoms with van der Waals surface area (Å²) in [6, 6.07) is 10.2. The number of benzene rings is 1. The summed E-state index contributed by atoms with van der Waals surface area (Å²) < 4.78 is 1.77. The van der Waals surface area contributed by atoms with Crippen LogP contribution in [0.1, 0.15) is 55.5 Å². The van der Waals surface area contributed by atoms with Crippen LogP contribution in [0.25, 0.3) is 28.1 Å². The summed E-state index contributed by atoms with van der Waals surface area (Å²) in [4.78, 5) is 14.7. The van der Waals surface area contributed by atoms with Crippen LogP contribution in [0.4, 0.5) is 0 Å². The van der Waals surface area contributed by atoms with E-state index < -0.39 is 11.1 Å². The normalized spacial score (nSPS) is 26.6. The fourth-order valence-corrected chi connectivity index (χ4v) is 5.47. The Bertz CT molecular complexity index is 1460. The van der Waals surface area contributed by atoms with Crippen molar-refractivity contribution in [3.05, 3.63) is 77.8 Å². The van der Waals surface area contributed by atoms with Crippen molar-refractivity contribution < 1.29 is 5.11 Å². The van der Waals surface area contributed by atoms with Crippen molar-refractivity contribution >= 4 is 16.8 Å². The van der Waals surface area contributed by atoms with Gasteiger partial charge in [0.05, 0.1) is 28.9 Å². The summed E-state index contributed by atoms with van der Waals surface area (Å²) in [6.07, 6.45) is 13.4. The maximum absolute atomic E-state index is 10.2. The van der Waals surface area contributed by atoms with Crippen LogP contribution in [0.3, 0.4) is 0 Å². The highest BCUT2D eigenvalue weighted by Gasteiger charge is 2.49. The number of fused-ring (bicyclic) bond motifs is 3. The second-order valence-electron chi connectivity index (χ2n) is 10.1.